The van der Waals surface area contributed by atoms with E-state index in [4.69, 9.17) is 10.5 Å². The maximum absolute atomic E-state index is 12.3. The third-order valence-corrected chi connectivity index (χ3v) is 3.13. The predicted octanol–water partition coefficient (Wildman–Crippen LogP) is 1.70. The van der Waals surface area contributed by atoms with Crippen molar-refractivity contribution in [3.05, 3.63) is 23.8 Å². The van der Waals surface area contributed by atoms with Crippen molar-refractivity contribution in [1.29, 1.82) is 0 Å². The summed E-state index contributed by atoms with van der Waals surface area (Å²) in [5.41, 5.74) is 7.55. The van der Waals surface area contributed by atoms with Crippen LogP contribution < -0.4 is 15.4 Å². The standard InChI is InChI=1S/C14H20N2O2/c1-9(2)13-14(17)16(7-6-15)11-5-4-10(3)8-12(11)18-13/h4-5,8-9,13H,6-7,15H2,1-3H3. The van der Waals surface area contributed by atoms with Crippen LogP contribution in [0.1, 0.15) is 19.4 Å². The van der Waals surface area contributed by atoms with E-state index in [-0.39, 0.29) is 11.8 Å². The molecule has 4 nitrogen and oxygen atoms in total. The van der Waals surface area contributed by atoms with Crippen molar-refractivity contribution in [3.8, 4) is 5.75 Å². The van der Waals surface area contributed by atoms with Gasteiger partial charge >= 0.3 is 0 Å². The molecule has 0 aliphatic carbocycles. The van der Waals surface area contributed by atoms with Gasteiger partial charge in [0.2, 0.25) is 0 Å². The Bertz CT molecular complexity index is 457. The second-order valence-corrected chi connectivity index (χ2v) is 5.03. The van der Waals surface area contributed by atoms with Gasteiger partial charge in [-0.3, -0.25) is 4.79 Å². The van der Waals surface area contributed by atoms with Gasteiger partial charge in [-0.05, 0) is 30.5 Å². The summed E-state index contributed by atoms with van der Waals surface area (Å²) in [6.45, 7) is 6.97. The Labute approximate surface area is 108 Å². The Kier molecular flexibility index (Phi) is 3.57. The topological polar surface area (TPSA) is 55.6 Å². The van der Waals surface area contributed by atoms with Gasteiger partial charge < -0.3 is 15.4 Å². The number of nitrogens with two attached hydrogens (primary N) is 1. The molecule has 0 radical (unpaired) electrons. The van der Waals surface area contributed by atoms with Crippen LogP contribution in [0.3, 0.4) is 0 Å². The molecule has 0 saturated carbocycles. The lowest BCUT2D eigenvalue weighted by Gasteiger charge is -2.36. The lowest BCUT2D eigenvalue weighted by Crippen LogP contribution is -2.49. The minimum atomic E-state index is -0.411. The van der Waals surface area contributed by atoms with Crippen LogP contribution in [0.2, 0.25) is 0 Å². The van der Waals surface area contributed by atoms with Gasteiger partial charge in [-0.15, -0.1) is 0 Å². The first-order valence-corrected chi connectivity index (χ1v) is 6.33. The van der Waals surface area contributed by atoms with Gasteiger partial charge in [0.15, 0.2) is 6.10 Å². The molecule has 0 fully saturated rings. The summed E-state index contributed by atoms with van der Waals surface area (Å²) in [6.07, 6.45) is -0.411. The predicted molar refractivity (Wildman–Crippen MR) is 71.8 cm³/mol. The molecule has 4 heteroatoms. The number of carbonyl (C=O) groups is 1. The van der Waals surface area contributed by atoms with Gasteiger partial charge in [0.1, 0.15) is 5.75 Å². The largest absolute Gasteiger partial charge is 0.478 e. The molecule has 1 aliphatic heterocycles. The molecule has 1 atom stereocenters. The van der Waals surface area contributed by atoms with Gasteiger partial charge in [0, 0.05) is 13.1 Å². The number of nitrogens with zero attached hydrogens (tertiary/aromatic N) is 1. The number of aryl methyl sites for hydroxylation is 1. The van der Waals surface area contributed by atoms with Crippen molar-refractivity contribution in [1.82, 2.24) is 0 Å². The molecule has 1 amide bonds. The number of hydrogen-bond acceptors (Lipinski definition) is 3. The number of carbonyl (C=O) groups excluding carboxylic acids is 1. The molecule has 1 aromatic rings. The van der Waals surface area contributed by atoms with E-state index < -0.39 is 6.10 Å². The van der Waals surface area contributed by atoms with E-state index in [0.717, 1.165) is 17.0 Å². The molecule has 1 unspecified atom stereocenters. The highest BCUT2D eigenvalue weighted by atomic mass is 16.5. The number of rotatable bonds is 3. The minimum Gasteiger partial charge on any atom is -0.478 e. The zero-order valence-electron chi connectivity index (χ0n) is 11.1. The van der Waals surface area contributed by atoms with Crippen molar-refractivity contribution in [3.63, 3.8) is 0 Å². The van der Waals surface area contributed by atoms with Gasteiger partial charge in [0.05, 0.1) is 5.69 Å². The van der Waals surface area contributed by atoms with Crippen LogP contribution in [0.5, 0.6) is 5.75 Å². The normalized spacial score (nSPS) is 18.8. The molecule has 0 aromatic heterocycles. The summed E-state index contributed by atoms with van der Waals surface area (Å²) in [4.78, 5) is 14.1. The molecule has 98 valence electrons. The molecule has 0 saturated heterocycles. The van der Waals surface area contributed by atoms with Crippen LogP contribution in [0.15, 0.2) is 18.2 Å². The minimum absolute atomic E-state index is 0.00630. The number of anilines is 1. The van der Waals surface area contributed by atoms with Gasteiger partial charge in [-0.1, -0.05) is 19.9 Å². The average Bonchev–Trinajstić information content (AvgIpc) is 2.32. The zero-order valence-corrected chi connectivity index (χ0v) is 11.1. The third-order valence-electron chi connectivity index (χ3n) is 3.13. The van der Waals surface area contributed by atoms with Crippen LogP contribution in [-0.4, -0.2) is 25.1 Å². The molecule has 18 heavy (non-hydrogen) atoms. The molecule has 2 rings (SSSR count). The van der Waals surface area contributed by atoms with E-state index >= 15 is 0 Å². The summed E-state index contributed by atoms with van der Waals surface area (Å²) in [5.74, 6) is 0.931. The van der Waals surface area contributed by atoms with Crippen molar-refractivity contribution < 1.29 is 9.53 Å². The van der Waals surface area contributed by atoms with Crippen molar-refractivity contribution in [2.75, 3.05) is 18.0 Å². The fraction of sp³-hybridized carbons (Fsp3) is 0.500. The van der Waals surface area contributed by atoms with Crippen molar-refractivity contribution >= 4 is 11.6 Å². The van der Waals surface area contributed by atoms with E-state index in [1.807, 2.05) is 39.0 Å². The quantitative estimate of drug-likeness (QED) is 0.886. The fourth-order valence-electron chi connectivity index (χ4n) is 2.18. The Morgan fingerprint density at radius 3 is 2.78 bits per heavy atom. The Morgan fingerprint density at radius 2 is 2.17 bits per heavy atom. The number of benzene rings is 1. The maximum Gasteiger partial charge on any atom is 0.268 e. The zero-order chi connectivity index (χ0) is 13.3. The summed E-state index contributed by atoms with van der Waals surface area (Å²) < 4.78 is 5.83. The number of fused-ring (bicyclic) bond motifs is 1. The molecule has 0 spiro atoms. The van der Waals surface area contributed by atoms with Crippen LogP contribution >= 0.6 is 0 Å². The first-order chi connectivity index (χ1) is 8.54. The molecular formula is C14H20N2O2. The van der Waals surface area contributed by atoms with Gasteiger partial charge in [-0.2, -0.15) is 0 Å². The second-order valence-electron chi connectivity index (χ2n) is 5.03. The number of hydrogen-bond donors (Lipinski definition) is 1. The highest BCUT2D eigenvalue weighted by molar-refractivity contribution is 6.00. The fourth-order valence-corrected chi connectivity index (χ4v) is 2.18. The Hall–Kier alpha value is -1.55. The lowest BCUT2D eigenvalue weighted by molar-refractivity contribution is -0.128. The van der Waals surface area contributed by atoms with E-state index in [2.05, 4.69) is 0 Å². The first-order valence-electron chi connectivity index (χ1n) is 6.33. The third kappa shape index (κ3) is 2.20. The number of amides is 1. The summed E-state index contributed by atoms with van der Waals surface area (Å²) in [7, 11) is 0. The van der Waals surface area contributed by atoms with Gasteiger partial charge in [-0.25, -0.2) is 0 Å². The van der Waals surface area contributed by atoms with Crippen LogP contribution in [0.25, 0.3) is 0 Å². The van der Waals surface area contributed by atoms with E-state index in [1.165, 1.54) is 0 Å². The summed E-state index contributed by atoms with van der Waals surface area (Å²) in [5, 5.41) is 0. The summed E-state index contributed by atoms with van der Waals surface area (Å²) >= 11 is 0. The van der Waals surface area contributed by atoms with Gasteiger partial charge in [0.25, 0.3) is 5.91 Å². The molecular weight excluding hydrogens is 228 g/mol. The van der Waals surface area contributed by atoms with Crippen LogP contribution in [-0.2, 0) is 4.79 Å². The summed E-state index contributed by atoms with van der Waals surface area (Å²) in [6, 6.07) is 5.88. The second kappa shape index (κ2) is 4.98. The lowest BCUT2D eigenvalue weighted by atomic mass is 10.0. The van der Waals surface area contributed by atoms with E-state index in [9.17, 15) is 4.79 Å². The molecule has 2 N–H and O–H groups in total. The average molecular weight is 248 g/mol. The van der Waals surface area contributed by atoms with Crippen molar-refractivity contribution in [2.45, 2.75) is 26.9 Å². The maximum atomic E-state index is 12.3. The smallest absolute Gasteiger partial charge is 0.268 e. The van der Waals surface area contributed by atoms with Crippen LogP contribution in [0.4, 0.5) is 5.69 Å². The van der Waals surface area contributed by atoms with E-state index in [0.29, 0.717) is 13.1 Å². The Morgan fingerprint density at radius 1 is 1.44 bits per heavy atom. The first kappa shape index (κ1) is 12.9. The highest BCUT2D eigenvalue weighted by Crippen LogP contribution is 2.36. The van der Waals surface area contributed by atoms with Crippen LogP contribution in [0, 0.1) is 12.8 Å². The molecule has 1 heterocycles. The SMILES string of the molecule is Cc1ccc2c(c1)OC(C(C)C)C(=O)N2CCN. The highest BCUT2D eigenvalue weighted by Gasteiger charge is 2.35. The Balaban J connectivity index is 2.43. The molecule has 1 aliphatic rings. The monoisotopic (exact) mass is 248 g/mol. The van der Waals surface area contributed by atoms with E-state index in [1.54, 1.807) is 4.90 Å². The van der Waals surface area contributed by atoms with Crippen molar-refractivity contribution in [2.24, 2.45) is 11.7 Å². The number of ether oxygens (including phenoxy) is 1. The molecule has 1 aromatic carbocycles. The molecule has 0 bridgehead atoms.